The molecule has 1 unspecified atom stereocenters. The van der Waals surface area contributed by atoms with E-state index in [0.717, 1.165) is 49.7 Å². The third kappa shape index (κ3) is 3.84. The Morgan fingerprint density at radius 2 is 1.89 bits per heavy atom. The van der Waals surface area contributed by atoms with Crippen molar-refractivity contribution in [1.29, 1.82) is 0 Å². The van der Waals surface area contributed by atoms with Crippen molar-refractivity contribution in [3.8, 4) is 0 Å². The molecule has 144 valence electrons. The summed E-state index contributed by atoms with van der Waals surface area (Å²) in [4.78, 5) is 4.55. The van der Waals surface area contributed by atoms with Gasteiger partial charge in [0.15, 0.2) is 0 Å². The van der Waals surface area contributed by atoms with E-state index >= 15 is 0 Å². The molecule has 27 heavy (non-hydrogen) atoms. The van der Waals surface area contributed by atoms with Crippen molar-refractivity contribution in [2.45, 2.75) is 49.5 Å². The fraction of sp³-hybridized carbons (Fsp3) is 0.450. The molecule has 4 rings (SSSR count). The molecule has 1 saturated heterocycles. The molecule has 2 aromatic rings. The largest absolute Gasteiger partial charge is 0.363 e. The van der Waals surface area contributed by atoms with Gasteiger partial charge in [-0.1, -0.05) is 12.5 Å². The van der Waals surface area contributed by atoms with Gasteiger partial charge >= 0.3 is 0 Å². The van der Waals surface area contributed by atoms with Crippen LogP contribution >= 0.6 is 0 Å². The molecule has 0 bridgehead atoms. The smallest absolute Gasteiger partial charge is 0.244 e. The van der Waals surface area contributed by atoms with E-state index in [1.54, 1.807) is 22.5 Å². The lowest BCUT2D eigenvalue weighted by Crippen LogP contribution is -2.35. The van der Waals surface area contributed by atoms with Crippen LogP contribution in [-0.2, 0) is 16.4 Å². The zero-order valence-corrected chi connectivity index (χ0v) is 16.0. The van der Waals surface area contributed by atoms with Gasteiger partial charge in [0, 0.05) is 19.3 Å². The van der Waals surface area contributed by atoms with Crippen LogP contribution < -0.4 is 5.32 Å². The average Bonchev–Trinajstić information content (AvgIpc) is 2.69. The summed E-state index contributed by atoms with van der Waals surface area (Å²) in [5.41, 5.74) is 2.12. The summed E-state index contributed by atoms with van der Waals surface area (Å²) in [6.45, 7) is 1.15. The number of aromatic nitrogens is 1. The number of fused-ring (bicyclic) bond motifs is 1. The third-order valence-electron chi connectivity index (χ3n) is 5.43. The maximum Gasteiger partial charge on any atom is 0.244 e. The molecule has 1 fully saturated rings. The summed E-state index contributed by atoms with van der Waals surface area (Å²) in [7, 11) is -3.47. The number of hydrogen-bond donors (Lipinski definition) is 1. The molecule has 0 spiro atoms. The Kier molecular flexibility index (Phi) is 5.14. The van der Waals surface area contributed by atoms with Crippen LogP contribution in [0, 0.1) is 5.82 Å². The summed E-state index contributed by atoms with van der Waals surface area (Å²) in [6.07, 6.45) is 7.18. The van der Waals surface area contributed by atoms with Gasteiger partial charge in [0.1, 0.15) is 16.5 Å². The molecule has 0 amide bonds. The van der Waals surface area contributed by atoms with E-state index in [9.17, 15) is 12.8 Å². The lowest BCUT2D eigenvalue weighted by atomic mass is 9.87. The molecule has 0 radical (unpaired) electrons. The quantitative estimate of drug-likeness (QED) is 0.862. The van der Waals surface area contributed by atoms with Crippen LogP contribution in [-0.4, -0.2) is 30.8 Å². The van der Waals surface area contributed by atoms with Gasteiger partial charge in [0.25, 0.3) is 0 Å². The molecule has 1 N–H and O–H groups in total. The van der Waals surface area contributed by atoms with Gasteiger partial charge in [-0.2, -0.15) is 4.31 Å². The van der Waals surface area contributed by atoms with Crippen molar-refractivity contribution in [2.24, 2.45) is 0 Å². The number of pyridine rings is 1. The number of hydrogen-bond acceptors (Lipinski definition) is 4. The maximum absolute atomic E-state index is 13.7. The van der Waals surface area contributed by atoms with Crippen molar-refractivity contribution in [2.75, 3.05) is 18.4 Å². The zero-order valence-electron chi connectivity index (χ0n) is 15.2. The summed E-state index contributed by atoms with van der Waals surface area (Å²) in [5, 5.41) is 3.34. The van der Waals surface area contributed by atoms with E-state index < -0.39 is 10.0 Å². The first-order chi connectivity index (χ1) is 13.0. The van der Waals surface area contributed by atoms with Crippen LogP contribution in [0.3, 0.4) is 0 Å². The van der Waals surface area contributed by atoms with Gasteiger partial charge in [0.2, 0.25) is 10.0 Å². The number of sulfonamides is 1. The topological polar surface area (TPSA) is 62.3 Å². The first-order valence-electron chi connectivity index (χ1n) is 9.55. The number of nitrogens with one attached hydrogen (secondary N) is 1. The van der Waals surface area contributed by atoms with Crippen LogP contribution in [0.5, 0.6) is 0 Å². The Bertz CT molecular complexity index is 909. The van der Waals surface area contributed by atoms with Gasteiger partial charge in [-0.25, -0.2) is 17.8 Å². The minimum Gasteiger partial charge on any atom is -0.363 e. The highest BCUT2D eigenvalue weighted by Crippen LogP contribution is 2.33. The Morgan fingerprint density at radius 3 is 2.63 bits per heavy atom. The second-order valence-electron chi connectivity index (χ2n) is 7.28. The first kappa shape index (κ1) is 18.4. The molecule has 2 heterocycles. The number of aryl methyl sites for hydroxylation is 1. The molecule has 1 aromatic heterocycles. The number of halogens is 1. The molecule has 1 aliphatic carbocycles. The minimum atomic E-state index is -3.47. The average molecular weight is 389 g/mol. The standard InChI is InChI=1S/C20H24FN3O2S/c21-16-8-7-15-5-4-6-19(18(15)13-16)23-20-10-9-17(14-22-20)27(25,26)24-11-2-1-3-12-24/h7-10,13-14,19H,1-6,11-12H2,(H,22,23). The number of nitrogens with zero attached hydrogens (tertiary/aromatic N) is 2. The van der Waals surface area contributed by atoms with Crippen molar-refractivity contribution in [1.82, 2.24) is 9.29 Å². The normalized spacial score (nSPS) is 20.9. The van der Waals surface area contributed by atoms with E-state index in [1.165, 1.54) is 12.3 Å². The lowest BCUT2D eigenvalue weighted by molar-refractivity contribution is 0.346. The van der Waals surface area contributed by atoms with Gasteiger partial charge in [-0.05, 0) is 67.5 Å². The zero-order chi connectivity index (χ0) is 18.9. The fourth-order valence-corrected chi connectivity index (χ4v) is 5.43. The Hall–Kier alpha value is -1.99. The van der Waals surface area contributed by atoms with Crippen molar-refractivity contribution >= 4 is 15.8 Å². The first-order valence-corrected chi connectivity index (χ1v) is 11.0. The second kappa shape index (κ2) is 7.56. The van der Waals surface area contributed by atoms with E-state index in [0.29, 0.717) is 18.9 Å². The van der Waals surface area contributed by atoms with Gasteiger partial charge < -0.3 is 5.32 Å². The Balaban J connectivity index is 1.51. The predicted molar refractivity (Wildman–Crippen MR) is 103 cm³/mol. The Labute approximate surface area is 159 Å². The molecule has 7 heteroatoms. The summed E-state index contributed by atoms with van der Waals surface area (Å²) >= 11 is 0. The van der Waals surface area contributed by atoms with Crippen molar-refractivity contribution in [3.05, 3.63) is 53.5 Å². The highest BCUT2D eigenvalue weighted by Gasteiger charge is 2.26. The molecule has 1 aromatic carbocycles. The molecule has 1 atom stereocenters. The number of benzene rings is 1. The van der Waals surface area contributed by atoms with Crippen LogP contribution in [0.2, 0.25) is 0 Å². The molecule has 0 saturated carbocycles. The minimum absolute atomic E-state index is 0.0125. The fourth-order valence-electron chi connectivity index (χ4n) is 3.97. The van der Waals surface area contributed by atoms with Crippen LogP contribution in [0.15, 0.2) is 41.4 Å². The van der Waals surface area contributed by atoms with Gasteiger partial charge in [0.05, 0.1) is 6.04 Å². The van der Waals surface area contributed by atoms with E-state index in [1.807, 2.05) is 6.07 Å². The summed E-state index contributed by atoms with van der Waals surface area (Å²) in [5.74, 6) is 0.369. The van der Waals surface area contributed by atoms with Crippen LogP contribution in [0.25, 0.3) is 0 Å². The van der Waals surface area contributed by atoms with Crippen LogP contribution in [0.1, 0.15) is 49.3 Å². The third-order valence-corrected chi connectivity index (χ3v) is 7.32. The molecule has 1 aliphatic heterocycles. The highest BCUT2D eigenvalue weighted by molar-refractivity contribution is 7.89. The number of piperidine rings is 1. The molecular weight excluding hydrogens is 365 g/mol. The van der Waals surface area contributed by atoms with Crippen molar-refractivity contribution < 1.29 is 12.8 Å². The Morgan fingerprint density at radius 1 is 1.07 bits per heavy atom. The number of anilines is 1. The van der Waals surface area contributed by atoms with E-state index in [4.69, 9.17) is 0 Å². The van der Waals surface area contributed by atoms with E-state index in [-0.39, 0.29) is 16.8 Å². The van der Waals surface area contributed by atoms with E-state index in [2.05, 4.69) is 10.3 Å². The van der Waals surface area contributed by atoms with Gasteiger partial charge in [-0.15, -0.1) is 0 Å². The van der Waals surface area contributed by atoms with Gasteiger partial charge in [-0.3, -0.25) is 0 Å². The predicted octanol–water partition coefficient (Wildman–Crippen LogP) is 3.88. The lowest BCUT2D eigenvalue weighted by Gasteiger charge is -2.27. The van der Waals surface area contributed by atoms with Crippen molar-refractivity contribution in [3.63, 3.8) is 0 Å². The molecule has 2 aliphatic rings. The molecule has 5 nitrogen and oxygen atoms in total. The number of rotatable bonds is 4. The highest BCUT2D eigenvalue weighted by atomic mass is 32.2. The molecular formula is C20H24FN3O2S. The summed E-state index contributed by atoms with van der Waals surface area (Å²) in [6, 6.07) is 8.22. The summed E-state index contributed by atoms with van der Waals surface area (Å²) < 4.78 is 40.6. The monoisotopic (exact) mass is 389 g/mol. The maximum atomic E-state index is 13.7. The SMILES string of the molecule is O=S(=O)(c1ccc(NC2CCCc3ccc(F)cc32)nc1)N1CCCCC1. The second-order valence-corrected chi connectivity index (χ2v) is 9.21. The van der Waals surface area contributed by atoms with Crippen LogP contribution in [0.4, 0.5) is 10.2 Å².